The number of aliphatic hydroxyl groups is 1. The molecule has 2 aromatic rings. The fourth-order valence-corrected chi connectivity index (χ4v) is 4.63. The summed E-state index contributed by atoms with van der Waals surface area (Å²) in [5, 5.41) is 23.8. The third-order valence-electron chi connectivity index (χ3n) is 6.17. The number of ether oxygens (including phenoxy) is 1. The maximum absolute atomic E-state index is 12.7. The van der Waals surface area contributed by atoms with E-state index in [0.717, 1.165) is 22.3 Å². The first-order valence-electron chi connectivity index (χ1n) is 11.5. The topological polar surface area (TPSA) is 125 Å². The van der Waals surface area contributed by atoms with E-state index in [1.165, 1.54) is 0 Å². The van der Waals surface area contributed by atoms with E-state index in [0.29, 0.717) is 0 Å². The Morgan fingerprint density at radius 3 is 2.06 bits per heavy atom. The first kappa shape index (κ1) is 25.2. The highest BCUT2D eigenvalue weighted by molar-refractivity contribution is 5.81. The normalized spacial score (nSPS) is 15.1. The Morgan fingerprint density at radius 1 is 0.971 bits per heavy atom. The SMILES string of the molecule is CC(C)C(C(=O)NCC(O)CC(=O)O)C(C)NC(=O)OCC1c2ccccc2-c2ccccc21. The van der Waals surface area contributed by atoms with Crippen molar-refractivity contribution >= 4 is 18.0 Å². The molecule has 0 saturated heterocycles. The fourth-order valence-electron chi connectivity index (χ4n) is 4.63. The number of carbonyl (C=O) groups excluding carboxylic acids is 2. The molecule has 0 saturated carbocycles. The molecular weight excluding hydrogens is 436 g/mol. The quantitative estimate of drug-likeness (QED) is 0.425. The summed E-state index contributed by atoms with van der Waals surface area (Å²) in [6.07, 6.45) is -2.25. The molecule has 0 aliphatic heterocycles. The summed E-state index contributed by atoms with van der Waals surface area (Å²) < 4.78 is 5.57. The molecule has 0 radical (unpaired) electrons. The number of nitrogens with one attached hydrogen (secondary N) is 2. The Balaban J connectivity index is 1.58. The number of carbonyl (C=O) groups is 3. The van der Waals surface area contributed by atoms with Crippen molar-refractivity contribution in [3.8, 4) is 11.1 Å². The van der Waals surface area contributed by atoms with Gasteiger partial charge in [0.15, 0.2) is 0 Å². The number of rotatable bonds is 10. The molecule has 2 aromatic carbocycles. The van der Waals surface area contributed by atoms with Crippen LogP contribution >= 0.6 is 0 Å². The van der Waals surface area contributed by atoms with E-state index in [-0.39, 0.29) is 30.9 Å². The molecule has 2 amide bonds. The molecule has 8 nitrogen and oxygen atoms in total. The van der Waals surface area contributed by atoms with Gasteiger partial charge in [0.05, 0.1) is 18.4 Å². The third-order valence-corrected chi connectivity index (χ3v) is 6.17. The second-order valence-corrected chi connectivity index (χ2v) is 9.03. The van der Waals surface area contributed by atoms with Gasteiger partial charge in [-0.25, -0.2) is 4.79 Å². The number of fused-ring (bicyclic) bond motifs is 3. The van der Waals surface area contributed by atoms with Crippen LogP contribution in [-0.2, 0) is 14.3 Å². The number of carboxylic acids is 1. The van der Waals surface area contributed by atoms with Gasteiger partial charge in [-0.05, 0) is 35.1 Å². The maximum Gasteiger partial charge on any atom is 0.407 e. The van der Waals surface area contributed by atoms with Crippen LogP contribution in [0.5, 0.6) is 0 Å². The number of carboxylic acid groups (broad SMARTS) is 1. The molecular formula is C26H32N2O6. The molecule has 182 valence electrons. The summed E-state index contributed by atoms with van der Waals surface area (Å²) in [4.78, 5) is 36.0. The Labute approximate surface area is 199 Å². The molecule has 3 unspecified atom stereocenters. The van der Waals surface area contributed by atoms with Crippen LogP contribution in [0.3, 0.4) is 0 Å². The van der Waals surface area contributed by atoms with Crippen LogP contribution in [0.2, 0.25) is 0 Å². The van der Waals surface area contributed by atoms with Crippen molar-refractivity contribution in [2.45, 2.75) is 45.3 Å². The molecule has 34 heavy (non-hydrogen) atoms. The van der Waals surface area contributed by atoms with Gasteiger partial charge in [-0.15, -0.1) is 0 Å². The third kappa shape index (κ3) is 5.94. The summed E-state index contributed by atoms with van der Waals surface area (Å²) in [7, 11) is 0. The van der Waals surface area contributed by atoms with Crippen molar-refractivity contribution in [2.24, 2.45) is 11.8 Å². The molecule has 1 aliphatic carbocycles. The summed E-state index contributed by atoms with van der Waals surface area (Å²) in [6.45, 7) is 5.43. The highest BCUT2D eigenvalue weighted by atomic mass is 16.5. The lowest BCUT2D eigenvalue weighted by atomic mass is 9.88. The van der Waals surface area contributed by atoms with Crippen molar-refractivity contribution in [1.82, 2.24) is 10.6 Å². The molecule has 8 heteroatoms. The summed E-state index contributed by atoms with van der Waals surface area (Å²) in [5.41, 5.74) is 4.51. The zero-order valence-electron chi connectivity index (χ0n) is 19.7. The lowest BCUT2D eigenvalue weighted by molar-refractivity contribution is -0.139. The van der Waals surface area contributed by atoms with E-state index >= 15 is 0 Å². The van der Waals surface area contributed by atoms with Crippen LogP contribution in [-0.4, -0.2) is 53.5 Å². The zero-order valence-corrected chi connectivity index (χ0v) is 19.7. The van der Waals surface area contributed by atoms with E-state index in [2.05, 4.69) is 22.8 Å². The standard InChI is InChI=1S/C26H32N2O6/c1-15(2)24(25(32)27-13-17(29)12-23(30)31)16(3)28-26(33)34-14-22-20-10-6-4-8-18(20)19-9-5-7-11-21(19)22/h4-11,15-17,22,24,29H,12-14H2,1-3H3,(H,27,32)(H,28,33)(H,30,31). The average Bonchev–Trinajstić information content (AvgIpc) is 3.09. The van der Waals surface area contributed by atoms with Gasteiger partial charge in [0.25, 0.3) is 0 Å². The van der Waals surface area contributed by atoms with Gasteiger partial charge in [0.1, 0.15) is 6.61 Å². The number of aliphatic hydroxyl groups excluding tert-OH is 1. The van der Waals surface area contributed by atoms with E-state index in [4.69, 9.17) is 9.84 Å². The van der Waals surface area contributed by atoms with Crippen molar-refractivity contribution in [1.29, 1.82) is 0 Å². The summed E-state index contributed by atoms with van der Waals surface area (Å²) in [5.74, 6) is -2.27. The predicted octanol–water partition coefficient (Wildman–Crippen LogP) is 3.14. The zero-order chi connectivity index (χ0) is 24.8. The minimum Gasteiger partial charge on any atom is -0.481 e. The van der Waals surface area contributed by atoms with Gasteiger partial charge in [0, 0.05) is 18.5 Å². The molecule has 1 aliphatic rings. The summed E-state index contributed by atoms with van der Waals surface area (Å²) in [6, 6.07) is 15.6. The van der Waals surface area contributed by atoms with Gasteiger partial charge in [-0.3, -0.25) is 9.59 Å². The van der Waals surface area contributed by atoms with Crippen molar-refractivity contribution in [2.75, 3.05) is 13.2 Å². The minimum absolute atomic E-state index is 0.0617. The Bertz CT molecular complexity index is 992. The smallest absolute Gasteiger partial charge is 0.407 e. The van der Waals surface area contributed by atoms with Crippen LogP contribution in [0.15, 0.2) is 48.5 Å². The van der Waals surface area contributed by atoms with Crippen molar-refractivity contribution in [3.05, 3.63) is 59.7 Å². The largest absolute Gasteiger partial charge is 0.481 e. The number of hydrogen-bond donors (Lipinski definition) is 4. The number of benzene rings is 2. The molecule has 0 aromatic heterocycles. The monoisotopic (exact) mass is 468 g/mol. The maximum atomic E-state index is 12.7. The number of hydrogen-bond acceptors (Lipinski definition) is 5. The first-order valence-corrected chi connectivity index (χ1v) is 11.5. The minimum atomic E-state index is -1.18. The number of aliphatic carboxylic acids is 1. The lowest BCUT2D eigenvalue weighted by Gasteiger charge is -2.27. The van der Waals surface area contributed by atoms with Gasteiger partial charge in [0.2, 0.25) is 5.91 Å². The first-order chi connectivity index (χ1) is 16.2. The number of alkyl carbamates (subject to hydrolysis) is 1. The van der Waals surface area contributed by atoms with E-state index in [9.17, 15) is 19.5 Å². The van der Waals surface area contributed by atoms with Crippen LogP contribution in [0.25, 0.3) is 11.1 Å². The van der Waals surface area contributed by atoms with Crippen LogP contribution in [0, 0.1) is 11.8 Å². The van der Waals surface area contributed by atoms with Gasteiger partial charge >= 0.3 is 12.1 Å². The highest BCUT2D eigenvalue weighted by Gasteiger charge is 2.32. The average molecular weight is 469 g/mol. The van der Waals surface area contributed by atoms with Crippen molar-refractivity contribution < 1.29 is 29.3 Å². The van der Waals surface area contributed by atoms with Gasteiger partial charge in [-0.1, -0.05) is 62.4 Å². The highest BCUT2D eigenvalue weighted by Crippen LogP contribution is 2.44. The van der Waals surface area contributed by atoms with Crippen molar-refractivity contribution in [3.63, 3.8) is 0 Å². The van der Waals surface area contributed by atoms with Gasteiger partial charge < -0.3 is 25.6 Å². The predicted molar refractivity (Wildman–Crippen MR) is 127 cm³/mol. The Kier molecular flexibility index (Phi) is 8.28. The second-order valence-electron chi connectivity index (χ2n) is 9.03. The number of amides is 2. The summed E-state index contributed by atoms with van der Waals surface area (Å²) >= 11 is 0. The van der Waals surface area contributed by atoms with E-state index < -0.39 is 36.5 Å². The molecule has 0 fully saturated rings. The molecule has 0 bridgehead atoms. The molecule has 3 rings (SSSR count). The van der Waals surface area contributed by atoms with Gasteiger partial charge in [-0.2, -0.15) is 0 Å². The molecule has 4 N–H and O–H groups in total. The van der Waals surface area contributed by atoms with Crippen LogP contribution in [0.1, 0.15) is 44.2 Å². The lowest BCUT2D eigenvalue weighted by Crippen LogP contribution is -2.49. The van der Waals surface area contributed by atoms with Crippen LogP contribution < -0.4 is 10.6 Å². The Hall–Kier alpha value is -3.39. The van der Waals surface area contributed by atoms with E-state index in [1.54, 1.807) is 6.92 Å². The Morgan fingerprint density at radius 2 is 1.53 bits per heavy atom. The second kappa shape index (κ2) is 11.2. The van der Waals surface area contributed by atoms with E-state index in [1.807, 2.05) is 50.2 Å². The molecule has 3 atom stereocenters. The van der Waals surface area contributed by atoms with Crippen LogP contribution in [0.4, 0.5) is 4.79 Å². The fraction of sp³-hybridized carbons (Fsp3) is 0.423. The molecule has 0 spiro atoms. The molecule has 0 heterocycles.